The molecule has 4 aromatic rings. The van der Waals surface area contributed by atoms with Crippen molar-refractivity contribution >= 4 is 34.1 Å². The third-order valence-corrected chi connectivity index (χ3v) is 7.46. The summed E-state index contributed by atoms with van der Waals surface area (Å²) >= 11 is 0. The maximum absolute atomic E-state index is 14.0. The van der Waals surface area contributed by atoms with Gasteiger partial charge < -0.3 is 9.64 Å². The van der Waals surface area contributed by atoms with Gasteiger partial charge in [0.15, 0.2) is 11.2 Å². The number of imidazole rings is 1. The largest absolute Gasteiger partial charge is 0.442 e. The molecule has 0 spiro atoms. The Kier molecular flexibility index (Phi) is 8.23. The Bertz CT molecular complexity index is 1940. The fourth-order valence-electron chi connectivity index (χ4n) is 5.45. The number of carbonyl (C=O) groups is 1. The number of amides is 1. The molecule has 44 heavy (non-hydrogen) atoms. The van der Waals surface area contributed by atoms with Gasteiger partial charge in [-0.15, -0.1) is 10.8 Å². The van der Waals surface area contributed by atoms with Gasteiger partial charge in [0.2, 0.25) is 5.95 Å². The number of para-hydroxylation sites is 1. The molecule has 1 fully saturated rings. The van der Waals surface area contributed by atoms with Crippen LogP contribution in [0.3, 0.4) is 0 Å². The van der Waals surface area contributed by atoms with E-state index >= 15 is 0 Å². The molecule has 1 saturated heterocycles. The molecule has 0 bridgehead atoms. The van der Waals surface area contributed by atoms with Gasteiger partial charge in [0.05, 0.1) is 29.9 Å². The summed E-state index contributed by atoms with van der Waals surface area (Å²) < 4.78 is 9.49. The molecule has 1 atom stereocenters. The molecular formula is C30H35N9O5. The third-order valence-electron chi connectivity index (χ3n) is 7.46. The van der Waals surface area contributed by atoms with Crippen molar-refractivity contribution in [3.8, 4) is 11.8 Å². The zero-order valence-electron chi connectivity index (χ0n) is 25.7. The molecule has 1 amide bonds. The number of carbonyl (C=O) groups excluding carboxylic acids is 1. The number of anilines is 1. The highest BCUT2D eigenvalue weighted by atomic mass is 16.6. The van der Waals surface area contributed by atoms with Gasteiger partial charge in [-0.25, -0.2) is 19.6 Å². The Morgan fingerprint density at radius 2 is 1.91 bits per heavy atom. The van der Waals surface area contributed by atoms with Gasteiger partial charge in [-0.05, 0) is 53.5 Å². The van der Waals surface area contributed by atoms with Crippen molar-refractivity contribution in [2.75, 3.05) is 18.0 Å². The van der Waals surface area contributed by atoms with Crippen LogP contribution in [-0.2, 0) is 24.9 Å². The molecule has 14 nitrogen and oxygen atoms in total. The molecule has 1 aromatic carbocycles. The fourth-order valence-corrected chi connectivity index (χ4v) is 5.45. The van der Waals surface area contributed by atoms with Crippen LogP contribution in [0.5, 0.6) is 0 Å². The molecule has 230 valence electrons. The number of piperidine rings is 1. The van der Waals surface area contributed by atoms with Crippen LogP contribution in [0.2, 0.25) is 0 Å². The molecular weight excluding hydrogens is 566 g/mol. The highest BCUT2D eigenvalue weighted by molar-refractivity contribution is 5.80. The van der Waals surface area contributed by atoms with Gasteiger partial charge in [0.25, 0.3) is 5.56 Å². The zero-order chi connectivity index (χ0) is 31.8. The Morgan fingerprint density at radius 1 is 1.16 bits per heavy atom. The van der Waals surface area contributed by atoms with Crippen molar-refractivity contribution in [2.45, 2.75) is 72.2 Å². The Labute approximate surface area is 253 Å². The summed E-state index contributed by atoms with van der Waals surface area (Å²) in [6.07, 6.45) is 0.304. The minimum absolute atomic E-state index is 0.129. The third kappa shape index (κ3) is 5.77. The quantitative estimate of drug-likeness (QED) is 0.185. The lowest BCUT2D eigenvalue weighted by molar-refractivity contribution is 0.0146. The standard InChI is InChI=1S/C30H35N9O5/c1-7-8-16-37-24-25(33-27(37)36-15-11-12-20(17-36)39(34-43)29(42)44-30(3,4)5)35(6)28(41)38(26(24)40)18-23-31-19(2)21-13-9-10-14-22(21)32-23/h9-10,13-14,20H,11-12,15-18H2,1-6H3/t20-/m1/s1. The molecule has 14 heteroatoms. The molecule has 0 radical (unpaired) electrons. The molecule has 0 aliphatic carbocycles. The number of nitrogens with zero attached hydrogens (tertiary/aromatic N) is 9. The van der Waals surface area contributed by atoms with Crippen molar-refractivity contribution in [2.24, 2.45) is 12.3 Å². The first kappa shape index (κ1) is 30.4. The molecule has 5 rings (SSSR count). The molecule has 0 saturated carbocycles. The first-order chi connectivity index (χ1) is 20.9. The van der Waals surface area contributed by atoms with Crippen LogP contribution < -0.4 is 16.1 Å². The smallest absolute Gasteiger partial charge is 0.433 e. The monoisotopic (exact) mass is 601 g/mol. The first-order valence-corrected chi connectivity index (χ1v) is 14.4. The van der Waals surface area contributed by atoms with Crippen LogP contribution in [0.15, 0.2) is 39.1 Å². The number of ether oxygens (including phenoxy) is 1. The number of nitroso groups, excluding NO2 is 1. The van der Waals surface area contributed by atoms with E-state index in [0.29, 0.717) is 31.2 Å². The lowest BCUT2D eigenvalue weighted by Crippen LogP contribution is -2.49. The number of rotatable bonds is 6. The summed E-state index contributed by atoms with van der Waals surface area (Å²) in [5.41, 5.74) is -0.0625. The van der Waals surface area contributed by atoms with Gasteiger partial charge in [-0.1, -0.05) is 24.1 Å². The fraction of sp³-hybridized carbons (Fsp3) is 0.467. The molecule has 0 N–H and O–H groups in total. The minimum Gasteiger partial charge on any atom is -0.442 e. The summed E-state index contributed by atoms with van der Waals surface area (Å²) in [5.74, 6) is 6.59. The van der Waals surface area contributed by atoms with E-state index < -0.39 is 29.0 Å². The van der Waals surface area contributed by atoms with Gasteiger partial charge in [0, 0.05) is 31.2 Å². The van der Waals surface area contributed by atoms with Crippen molar-refractivity contribution < 1.29 is 9.53 Å². The van der Waals surface area contributed by atoms with E-state index in [0.717, 1.165) is 26.2 Å². The summed E-state index contributed by atoms with van der Waals surface area (Å²) in [5, 5.41) is 4.69. The average Bonchev–Trinajstić information content (AvgIpc) is 3.36. The van der Waals surface area contributed by atoms with E-state index in [1.54, 1.807) is 39.3 Å². The second-order valence-electron chi connectivity index (χ2n) is 11.7. The van der Waals surface area contributed by atoms with Gasteiger partial charge in [-0.3, -0.25) is 18.5 Å². The predicted molar refractivity (Wildman–Crippen MR) is 165 cm³/mol. The van der Waals surface area contributed by atoms with Gasteiger partial charge in [-0.2, -0.15) is 9.99 Å². The van der Waals surface area contributed by atoms with E-state index in [4.69, 9.17) is 9.72 Å². The van der Waals surface area contributed by atoms with Crippen molar-refractivity contribution in [3.05, 3.63) is 61.5 Å². The van der Waals surface area contributed by atoms with E-state index in [-0.39, 0.29) is 30.8 Å². The van der Waals surface area contributed by atoms with Crippen molar-refractivity contribution in [1.82, 2.24) is 33.7 Å². The second-order valence-corrected chi connectivity index (χ2v) is 11.7. The Hall–Kier alpha value is -5.06. The first-order valence-electron chi connectivity index (χ1n) is 14.4. The summed E-state index contributed by atoms with van der Waals surface area (Å²) in [6.45, 7) is 9.43. The lowest BCUT2D eigenvalue weighted by atomic mass is 10.1. The van der Waals surface area contributed by atoms with Crippen LogP contribution in [0, 0.1) is 23.7 Å². The minimum atomic E-state index is -0.832. The molecule has 1 aliphatic heterocycles. The van der Waals surface area contributed by atoms with Gasteiger partial charge in [0.1, 0.15) is 11.4 Å². The molecule has 4 heterocycles. The predicted octanol–water partition coefficient (Wildman–Crippen LogP) is 3.11. The van der Waals surface area contributed by atoms with Crippen LogP contribution in [0.1, 0.15) is 52.1 Å². The Balaban J connectivity index is 1.58. The molecule has 1 aliphatic rings. The average molecular weight is 602 g/mol. The van der Waals surface area contributed by atoms with Crippen LogP contribution in [0.25, 0.3) is 22.1 Å². The van der Waals surface area contributed by atoms with Crippen molar-refractivity contribution in [1.29, 1.82) is 0 Å². The zero-order valence-corrected chi connectivity index (χ0v) is 25.7. The van der Waals surface area contributed by atoms with Crippen LogP contribution in [-0.4, -0.2) is 64.5 Å². The number of aromatic nitrogens is 6. The number of benzene rings is 1. The van der Waals surface area contributed by atoms with E-state index in [1.807, 2.05) is 36.1 Å². The van der Waals surface area contributed by atoms with E-state index in [1.165, 1.54) is 4.57 Å². The normalized spacial score (nSPS) is 15.2. The number of fused-ring (bicyclic) bond motifs is 2. The topological polar surface area (TPSA) is 150 Å². The van der Waals surface area contributed by atoms with Gasteiger partial charge >= 0.3 is 11.8 Å². The van der Waals surface area contributed by atoms with Crippen LogP contribution in [0.4, 0.5) is 10.7 Å². The SMILES string of the molecule is CC#CCn1c(N2CCC[C@@H](N(N=O)C(=O)OC(C)(C)C)C2)nc2c1c(=O)n(Cc1nc(C)c3ccccc3n1)c(=O)n2C. The molecule has 3 aromatic heterocycles. The number of hydrogen-bond acceptors (Lipinski definition) is 10. The summed E-state index contributed by atoms with van der Waals surface area (Å²) in [7, 11) is 1.55. The maximum atomic E-state index is 14.0. The molecule has 0 unspecified atom stereocenters. The van der Waals surface area contributed by atoms with Crippen molar-refractivity contribution in [3.63, 3.8) is 0 Å². The highest BCUT2D eigenvalue weighted by Crippen LogP contribution is 2.26. The summed E-state index contributed by atoms with van der Waals surface area (Å²) in [4.78, 5) is 67.8. The number of hydrogen-bond donors (Lipinski definition) is 0. The van der Waals surface area contributed by atoms with E-state index in [2.05, 4.69) is 27.1 Å². The second kappa shape index (κ2) is 11.9. The lowest BCUT2D eigenvalue weighted by Gasteiger charge is -2.36. The summed E-state index contributed by atoms with van der Waals surface area (Å²) in [6, 6.07) is 6.96. The van der Waals surface area contributed by atoms with E-state index in [9.17, 15) is 19.3 Å². The maximum Gasteiger partial charge on any atom is 0.433 e. The Morgan fingerprint density at radius 3 is 2.61 bits per heavy atom. The number of aryl methyl sites for hydroxylation is 2. The van der Waals surface area contributed by atoms with Crippen LogP contribution >= 0.6 is 0 Å². The highest BCUT2D eigenvalue weighted by Gasteiger charge is 2.35.